The molecule has 1 aliphatic rings. The maximum atomic E-state index is 12.9. The summed E-state index contributed by atoms with van der Waals surface area (Å²) in [6, 6.07) is 11.8. The Hall–Kier alpha value is -1.31. The zero-order chi connectivity index (χ0) is 21.2. The van der Waals surface area contributed by atoms with Crippen molar-refractivity contribution >= 4 is 50.7 Å². The van der Waals surface area contributed by atoms with E-state index in [2.05, 4.69) is 0 Å². The highest BCUT2D eigenvalue weighted by molar-refractivity contribution is 7.89. The van der Waals surface area contributed by atoms with Crippen LogP contribution in [0.2, 0.25) is 15.1 Å². The van der Waals surface area contributed by atoms with Gasteiger partial charge in [-0.25, -0.2) is 8.42 Å². The molecule has 2 aromatic rings. The van der Waals surface area contributed by atoms with Crippen molar-refractivity contribution in [3.05, 3.63) is 63.1 Å². The Bertz CT molecular complexity index is 1010. The Morgan fingerprint density at radius 3 is 2.38 bits per heavy atom. The van der Waals surface area contributed by atoms with Crippen LogP contribution in [-0.4, -0.2) is 43.7 Å². The molecule has 0 spiro atoms. The van der Waals surface area contributed by atoms with Crippen molar-refractivity contribution in [3.63, 3.8) is 0 Å². The van der Waals surface area contributed by atoms with Crippen LogP contribution in [0.3, 0.4) is 0 Å². The van der Waals surface area contributed by atoms with Crippen LogP contribution in [0.15, 0.2) is 47.4 Å². The Morgan fingerprint density at radius 1 is 1.07 bits per heavy atom. The average molecular weight is 476 g/mol. The lowest BCUT2D eigenvalue weighted by Gasteiger charge is -2.32. The molecule has 1 aliphatic heterocycles. The van der Waals surface area contributed by atoms with Gasteiger partial charge in [-0.3, -0.25) is 4.79 Å². The van der Waals surface area contributed by atoms with Crippen LogP contribution in [0.25, 0.3) is 0 Å². The fourth-order valence-electron chi connectivity index (χ4n) is 3.46. The number of rotatable bonds is 5. The summed E-state index contributed by atoms with van der Waals surface area (Å²) in [4.78, 5) is 14.5. The number of carbonyl (C=O) groups excluding carboxylic acids is 1. The van der Waals surface area contributed by atoms with Crippen molar-refractivity contribution in [1.82, 2.24) is 9.21 Å². The van der Waals surface area contributed by atoms with Gasteiger partial charge in [0.1, 0.15) is 4.90 Å². The molecule has 0 atom stereocenters. The minimum Gasteiger partial charge on any atom is -0.341 e. The van der Waals surface area contributed by atoms with Crippen molar-refractivity contribution < 1.29 is 13.2 Å². The summed E-state index contributed by atoms with van der Waals surface area (Å²) in [5.74, 6) is -0.219. The monoisotopic (exact) mass is 474 g/mol. The van der Waals surface area contributed by atoms with Crippen LogP contribution >= 0.6 is 34.8 Å². The minimum atomic E-state index is -3.76. The molecular formula is C20H21Cl3N2O3S. The van der Waals surface area contributed by atoms with Gasteiger partial charge in [0.05, 0.1) is 5.02 Å². The Kier molecular flexibility index (Phi) is 7.12. The summed E-state index contributed by atoms with van der Waals surface area (Å²) in [7, 11) is -2.01. The highest BCUT2D eigenvalue weighted by Crippen LogP contribution is 2.30. The van der Waals surface area contributed by atoms with E-state index in [-0.39, 0.29) is 34.8 Å². The molecule has 9 heteroatoms. The standard InChI is InChI=1S/C20H21Cl3N2O3S/c1-24(13-14-3-2-4-16(21)11-14)20(26)15-7-9-25(10-8-15)29(27,28)19-12-17(22)5-6-18(19)23/h2-6,11-12,15H,7-10,13H2,1H3. The third kappa shape index (κ3) is 5.25. The van der Waals surface area contributed by atoms with Crippen molar-refractivity contribution in [2.75, 3.05) is 20.1 Å². The fourth-order valence-corrected chi connectivity index (χ4v) is 5.88. The highest BCUT2D eigenvalue weighted by Gasteiger charge is 2.34. The Morgan fingerprint density at radius 2 is 1.72 bits per heavy atom. The molecular weight excluding hydrogens is 455 g/mol. The van der Waals surface area contributed by atoms with E-state index in [1.165, 1.54) is 16.4 Å². The molecule has 0 bridgehead atoms. The first-order chi connectivity index (χ1) is 13.7. The summed E-state index contributed by atoms with van der Waals surface area (Å²) in [6.45, 7) is 0.967. The maximum absolute atomic E-state index is 12.9. The molecule has 1 fully saturated rings. The third-order valence-electron chi connectivity index (χ3n) is 5.00. The van der Waals surface area contributed by atoms with Gasteiger partial charge in [0.25, 0.3) is 0 Å². The number of carbonyl (C=O) groups is 1. The average Bonchev–Trinajstić information content (AvgIpc) is 2.69. The van der Waals surface area contributed by atoms with Crippen LogP contribution in [0.5, 0.6) is 0 Å². The summed E-state index contributed by atoms with van der Waals surface area (Å²) in [5.41, 5.74) is 0.948. The molecule has 1 amide bonds. The molecule has 0 aromatic heterocycles. The number of hydrogen-bond donors (Lipinski definition) is 0. The maximum Gasteiger partial charge on any atom is 0.244 e. The smallest absolute Gasteiger partial charge is 0.244 e. The Balaban J connectivity index is 1.63. The first kappa shape index (κ1) is 22.4. The number of sulfonamides is 1. The lowest BCUT2D eigenvalue weighted by Crippen LogP contribution is -2.43. The van der Waals surface area contributed by atoms with Crippen LogP contribution < -0.4 is 0 Å². The summed E-state index contributed by atoms with van der Waals surface area (Å²) in [6.07, 6.45) is 0.909. The molecule has 5 nitrogen and oxygen atoms in total. The molecule has 1 saturated heterocycles. The van der Waals surface area contributed by atoms with E-state index in [1.54, 1.807) is 24.1 Å². The zero-order valence-corrected chi connectivity index (χ0v) is 18.9. The zero-order valence-electron chi connectivity index (χ0n) is 15.8. The quantitative estimate of drug-likeness (QED) is 0.629. The van der Waals surface area contributed by atoms with Gasteiger partial charge in [0, 0.05) is 42.6 Å². The number of nitrogens with zero attached hydrogens (tertiary/aromatic N) is 2. The van der Waals surface area contributed by atoms with Crippen LogP contribution in [0.1, 0.15) is 18.4 Å². The van der Waals surface area contributed by atoms with Crippen molar-refractivity contribution in [3.8, 4) is 0 Å². The molecule has 0 unspecified atom stereocenters. The van der Waals surface area contributed by atoms with Crippen molar-refractivity contribution in [2.45, 2.75) is 24.3 Å². The first-order valence-electron chi connectivity index (χ1n) is 9.13. The normalized spacial score (nSPS) is 16.0. The molecule has 0 N–H and O–H groups in total. The van der Waals surface area contributed by atoms with Gasteiger partial charge in [-0.1, -0.05) is 46.9 Å². The van der Waals surface area contributed by atoms with Gasteiger partial charge in [0.2, 0.25) is 15.9 Å². The van der Waals surface area contributed by atoms with Gasteiger partial charge in [-0.2, -0.15) is 4.31 Å². The van der Waals surface area contributed by atoms with E-state index in [1.807, 2.05) is 18.2 Å². The fraction of sp³-hybridized carbons (Fsp3) is 0.350. The molecule has 3 rings (SSSR count). The first-order valence-corrected chi connectivity index (χ1v) is 11.7. The topological polar surface area (TPSA) is 57.7 Å². The highest BCUT2D eigenvalue weighted by atomic mass is 35.5. The lowest BCUT2D eigenvalue weighted by molar-refractivity contribution is -0.135. The minimum absolute atomic E-state index is 0.00260. The van der Waals surface area contributed by atoms with Gasteiger partial charge >= 0.3 is 0 Å². The third-order valence-corrected chi connectivity index (χ3v) is 7.85. The van der Waals surface area contributed by atoms with Crippen LogP contribution in [0, 0.1) is 5.92 Å². The molecule has 29 heavy (non-hydrogen) atoms. The van der Waals surface area contributed by atoms with E-state index in [0.717, 1.165) is 5.56 Å². The number of halogens is 3. The second kappa shape index (κ2) is 9.23. The predicted molar refractivity (Wildman–Crippen MR) is 116 cm³/mol. The number of amides is 1. The summed E-state index contributed by atoms with van der Waals surface area (Å²) < 4.78 is 27.2. The van der Waals surface area contributed by atoms with Gasteiger partial charge in [0.15, 0.2) is 0 Å². The second-order valence-corrected chi connectivity index (χ2v) is 10.3. The van der Waals surface area contributed by atoms with Gasteiger partial charge < -0.3 is 4.90 Å². The summed E-state index contributed by atoms with van der Waals surface area (Å²) in [5, 5.41) is 1.07. The van der Waals surface area contributed by atoms with Gasteiger partial charge in [-0.05, 0) is 48.7 Å². The largest absolute Gasteiger partial charge is 0.341 e. The lowest BCUT2D eigenvalue weighted by atomic mass is 9.96. The van der Waals surface area contributed by atoms with E-state index < -0.39 is 10.0 Å². The molecule has 2 aromatic carbocycles. The van der Waals surface area contributed by atoms with E-state index in [4.69, 9.17) is 34.8 Å². The number of hydrogen-bond acceptors (Lipinski definition) is 3. The Labute approximate surface area is 186 Å². The number of benzene rings is 2. The number of piperidine rings is 1. The molecule has 0 aliphatic carbocycles. The van der Waals surface area contributed by atoms with Crippen molar-refractivity contribution in [2.24, 2.45) is 5.92 Å². The molecule has 0 radical (unpaired) electrons. The SMILES string of the molecule is CN(Cc1cccc(Cl)c1)C(=O)C1CCN(S(=O)(=O)c2cc(Cl)ccc2Cl)CC1. The molecule has 156 valence electrons. The molecule has 0 saturated carbocycles. The van der Waals surface area contributed by atoms with Crippen LogP contribution in [-0.2, 0) is 21.4 Å². The predicted octanol–water partition coefficient (Wildman–Crippen LogP) is 4.71. The van der Waals surface area contributed by atoms with E-state index >= 15 is 0 Å². The van der Waals surface area contributed by atoms with Gasteiger partial charge in [-0.15, -0.1) is 0 Å². The van der Waals surface area contributed by atoms with E-state index in [0.29, 0.717) is 29.4 Å². The van der Waals surface area contributed by atoms with E-state index in [9.17, 15) is 13.2 Å². The summed E-state index contributed by atoms with van der Waals surface area (Å²) >= 11 is 18.0. The van der Waals surface area contributed by atoms with Crippen molar-refractivity contribution in [1.29, 1.82) is 0 Å². The second-order valence-electron chi connectivity index (χ2n) is 7.08. The molecule has 1 heterocycles. The van der Waals surface area contributed by atoms with Crippen LogP contribution in [0.4, 0.5) is 0 Å².